The van der Waals surface area contributed by atoms with E-state index in [0.717, 1.165) is 57.9 Å². The van der Waals surface area contributed by atoms with Crippen LogP contribution in [0.1, 0.15) is 50.5 Å². The number of rotatable bonds is 4. The molecule has 1 aromatic carbocycles. The van der Waals surface area contributed by atoms with Crippen molar-refractivity contribution in [2.75, 3.05) is 6.54 Å². The number of hydrogen-bond acceptors (Lipinski definition) is 2. The van der Waals surface area contributed by atoms with E-state index in [1.807, 2.05) is 0 Å². The van der Waals surface area contributed by atoms with Crippen molar-refractivity contribution in [3.05, 3.63) is 35.9 Å². The molecule has 3 nitrogen and oxygen atoms in total. The lowest BCUT2D eigenvalue weighted by atomic mass is 9.85. The van der Waals surface area contributed by atoms with E-state index in [2.05, 4.69) is 35.2 Å². The van der Waals surface area contributed by atoms with E-state index >= 15 is 0 Å². The van der Waals surface area contributed by atoms with E-state index in [1.165, 1.54) is 5.56 Å². The van der Waals surface area contributed by atoms with Crippen molar-refractivity contribution in [3.63, 3.8) is 0 Å². The van der Waals surface area contributed by atoms with Gasteiger partial charge in [0.2, 0.25) is 5.91 Å². The van der Waals surface area contributed by atoms with Crippen LogP contribution in [0.15, 0.2) is 30.3 Å². The van der Waals surface area contributed by atoms with Gasteiger partial charge in [-0.2, -0.15) is 0 Å². The molecule has 1 aliphatic heterocycles. The standard InChI is InChI=1S/C19H28N2O/c20-17-9-4-8-16(14-17)19(22)21-13-5-10-18(21)12-11-15-6-2-1-3-7-15/h1-3,6-7,16-18H,4-5,8-14,20H2. The number of amides is 1. The van der Waals surface area contributed by atoms with Gasteiger partial charge in [0, 0.05) is 24.5 Å². The Balaban J connectivity index is 1.56. The van der Waals surface area contributed by atoms with E-state index < -0.39 is 0 Å². The van der Waals surface area contributed by atoms with Crippen LogP contribution in [0.4, 0.5) is 0 Å². The van der Waals surface area contributed by atoms with Crippen LogP contribution in [0, 0.1) is 5.92 Å². The highest BCUT2D eigenvalue weighted by atomic mass is 16.2. The summed E-state index contributed by atoms with van der Waals surface area (Å²) in [4.78, 5) is 15.0. The van der Waals surface area contributed by atoms with Crippen LogP contribution in [-0.2, 0) is 11.2 Å². The van der Waals surface area contributed by atoms with Gasteiger partial charge >= 0.3 is 0 Å². The van der Waals surface area contributed by atoms with Gasteiger partial charge in [0.25, 0.3) is 0 Å². The molecule has 0 spiro atoms. The highest BCUT2D eigenvalue weighted by molar-refractivity contribution is 5.79. The number of nitrogens with zero attached hydrogens (tertiary/aromatic N) is 1. The third-order valence-electron chi connectivity index (χ3n) is 5.33. The summed E-state index contributed by atoms with van der Waals surface area (Å²) in [7, 11) is 0. The minimum absolute atomic E-state index is 0.182. The van der Waals surface area contributed by atoms with Gasteiger partial charge in [-0.1, -0.05) is 36.8 Å². The normalized spacial score (nSPS) is 28.8. The molecule has 120 valence electrons. The summed E-state index contributed by atoms with van der Waals surface area (Å²) < 4.78 is 0. The van der Waals surface area contributed by atoms with Gasteiger partial charge in [0.1, 0.15) is 0 Å². The molecule has 2 fully saturated rings. The molecule has 1 heterocycles. The van der Waals surface area contributed by atoms with Gasteiger partial charge in [-0.3, -0.25) is 4.79 Å². The van der Waals surface area contributed by atoms with E-state index in [0.29, 0.717) is 11.9 Å². The first-order valence-corrected chi connectivity index (χ1v) is 8.84. The zero-order valence-corrected chi connectivity index (χ0v) is 13.4. The average Bonchev–Trinajstić information content (AvgIpc) is 3.01. The molecule has 0 aromatic heterocycles. The van der Waals surface area contributed by atoms with Crippen LogP contribution < -0.4 is 5.73 Å². The predicted octanol–water partition coefficient (Wildman–Crippen LogP) is 3.13. The number of likely N-dealkylation sites (tertiary alicyclic amines) is 1. The lowest BCUT2D eigenvalue weighted by molar-refractivity contribution is -0.137. The lowest BCUT2D eigenvalue weighted by Crippen LogP contribution is -2.43. The quantitative estimate of drug-likeness (QED) is 0.928. The number of aryl methyl sites for hydroxylation is 1. The van der Waals surface area contributed by atoms with Crippen molar-refractivity contribution in [1.82, 2.24) is 4.90 Å². The van der Waals surface area contributed by atoms with Crippen LogP contribution >= 0.6 is 0 Å². The molecular weight excluding hydrogens is 272 g/mol. The van der Waals surface area contributed by atoms with Gasteiger partial charge < -0.3 is 10.6 Å². The van der Waals surface area contributed by atoms with E-state index in [1.54, 1.807) is 0 Å². The number of nitrogens with two attached hydrogens (primary N) is 1. The summed E-state index contributed by atoms with van der Waals surface area (Å²) in [5.41, 5.74) is 7.44. The van der Waals surface area contributed by atoms with Gasteiger partial charge in [0.05, 0.1) is 0 Å². The van der Waals surface area contributed by atoms with E-state index in [-0.39, 0.29) is 12.0 Å². The second-order valence-corrected chi connectivity index (χ2v) is 6.98. The number of hydrogen-bond donors (Lipinski definition) is 1. The average molecular weight is 300 g/mol. The van der Waals surface area contributed by atoms with E-state index in [4.69, 9.17) is 5.73 Å². The highest BCUT2D eigenvalue weighted by Crippen LogP contribution is 2.29. The van der Waals surface area contributed by atoms with Crippen LogP contribution in [0.3, 0.4) is 0 Å². The number of carbonyl (C=O) groups is 1. The first kappa shape index (κ1) is 15.5. The SMILES string of the molecule is NC1CCCC(C(=O)N2CCCC2CCc2ccccc2)C1. The molecule has 0 radical (unpaired) electrons. The summed E-state index contributed by atoms with van der Waals surface area (Å²) >= 11 is 0. The molecule has 1 aliphatic carbocycles. The van der Waals surface area contributed by atoms with E-state index in [9.17, 15) is 4.79 Å². The van der Waals surface area contributed by atoms with Gasteiger partial charge in [-0.05, 0) is 50.5 Å². The minimum atomic E-state index is 0.182. The summed E-state index contributed by atoms with van der Waals surface area (Å²) in [6, 6.07) is 11.3. The smallest absolute Gasteiger partial charge is 0.225 e. The summed E-state index contributed by atoms with van der Waals surface area (Å²) in [5.74, 6) is 0.562. The summed E-state index contributed by atoms with van der Waals surface area (Å²) in [5, 5.41) is 0. The van der Waals surface area contributed by atoms with Crippen molar-refractivity contribution in [3.8, 4) is 0 Å². The summed E-state index contributed by atoms with van der Waals surface area (Å²) in [6.07, 6.45) is 8.60. The Morgan fingerprint density at radius 3 is 2.73 bits per heavy atom. The minimum Gasteiger partial charge on any atom is -0.339 e. The molecule has 2 N–H and O–H groups in total. The van der Waals surface area contributed by atoms with Crippen molar-refractivity contribution in [2.24, 2.45) is 11.7 Å². The number of benzene rings is 1. The predicted molar refractivity (Wildman–Crippen MR) is 89.4 cm³/mol. The Hall–Kier alpha value is -1.35. The fourth-order valence-corrected chi connectivity index (χ4v) is 4.09. The Morgan fingerprint density at radius 1 is 1.14 bits per heavy atom. The third-order valence-corrected chi connectivity index (χ3v) is 5.33. The fourth-order valence-electron chi connectivity index (χ4n) is 4.09. The Morgan fingerprint density at radius 2 is 1.95 bits per heavy atom. The monoisotopic (exact) mass is 300 g/mol. The molecule has 3 heteroatoms. The molecule has 2 aliphatic rings. The Kier molecular flexibility index (Phi) is 5.14. The molecule has 1 saturated heterocycles. The molecule has 3 rings (SSSR count). The second kappa shape index (κ2) is 7.28. The van der Waals surface area contributed by atoms with Crippen molar-refractivity contribution in [1.29, 1.82) is 0 Å². The van der Waals surface area contributed by atoms with Gasteiger partial charge in [0.15, 0.2) is 0 Å². The maximum absolute atomic E-state index is 12.8. The second-order valence-electron chi connectivity index (χ2n) is 6.98. The lowest BCUT2D eigenvalue weighted by Gasteiger charge is -2.32. The van der Waals surface area contributed by atoms with Gasteiger partial charge in [-0.15, -0.1) is 0 Å². The third kappa shape index (κ3) is 3.70. The molecule has 0 bridgehead atoms. The molecular formula is C19H28N2O. The van der Waals surface area contributed by atoms with Crippen molar-refractivity contribution >= 4 is 5.91 Å². The zero-order chi connectivity index (χ0) is 15.4. The molecule has 3 unspecified atom stereocenters. The summed E-state index contributed by atoms with van der Waals surface area (Å²) in [6.45, 7) is 0.948. The fraction of sp³-hybridized carbons (Fsp3) is 0.632. The first-order chi connectivity index (χ1) is 10.7. The van der Waals surface area contributed by atoms with Crippen LogP contribution in [0.5, 0.6) is 0 Å². The Bertz CT molecular complexity index is 487. The molecule has 1 aromatic rings. The van der Waals surface area contributed by atoms with Gasteiger partial charge in [-0.25, -0.2) is 0 Å². The number of carbonyl (C=O) groups excluding carboxylic acids is 1. The van der Waals surface area contributed by atoms with Crippen LogP contribution in [0.2, 0.25) is 0 Å². The maximum Gasteiger partial charge on any atom is 0.225 e. The van der Waals surface area contributed by atoms with Crippen molar-refractivity contribution in [2.45, 2.75) is 63.5 Å². The first-order valence-electron chi connectivity index (χ1n) is 8.84. The topological polar surface area (TPSA) is 46.3 Å². The molecule has 3 atom stereocenters. The highest BCUT2D eigenvalue weighted by Gasteiger charge is 2.34. The molecule has 22 heavy (non-hydrogen) atoms. The zero-order valence-electron chi connectivity index (χ0n) is 13.4. The Labute approximate surface area is 133 Å². The largest absolute Gasteiger partial charge is 0.339 e. The molecule has 1 amide bonds. The van der Waals surface area contributed by atoms with Crippen molar-refractivity contribution < 1.29 is 4.79 Å². The molecule has 1 saturated carbocycles. The van der Waals surface area contributed by atoms with Crippen LogP contribution in [-0.4, -0.2) is 29.4 Å². The maximum atomic E-state index is 12.8. The van der Waals surface area contributed by atoms with Crippen LogP contribution in [0.25, 0.3) is 0 Å².